The molecule has 1 N–H and O–H groups in total. The Kier molecular flexibility index (Phi) is 5.38. The predicted molar refractivity (Wildman–Crippen MR) is 98.8 cm³/mol. The van der Waals surface area contributed by atoms with Crippen LogP contribution < -0.4 is 5.32 Å². The van der Waals surface area contributed by atoms with E-state index >= 15 is 0 Å². The Bertz CT molecular complexity index is 999. The fourth-order valence-corrected chi connectivity index (χ4v) is 4.54. The molecule has 1 aliphatic rings. The highest BCUT2D eigenvalue weighted by Gasteiger charge is 2.30. The highest BCUT2D eigenvalue weighted by Crippen LogP contribution is 2.24. The number of sulfonamides is 1. The summed E-state index contributed by atoms with van der Waals surface area (Å²) in [4.78, 5) is 23.4. The molecule has 1 fully saturated rings. The highest BCUT2D eigenvalue weighted by atomic mass is 32.2. The van der Waals surface area contributed by atoms with Crippen LogP contribution in [0.3, 0.4) is 0 Å². The molecule has 27 heavy (non-hydrogen) atoms. The molecule has 0 aromatic heterocycles. The lowest BCUT2D eigenvalue weighted by molar-refractivity contribution is 0.101. The number of carbonyl (C=O) groups is 2. The quantitative estimate of drug-likeness (QED) is 0.796. The number of anilines is 1. The summed E-state index contributed by atoms with van der Waals surface area (Å²) in [5.41, 5.74) is 0.840. The minimum atomic E-state index is -3.98. The Morgan fingerprint density at radius 1 is 1.04 bits per heavy atom. The second-order valence-corrected chi connectivity index (χ2v) is 8.25. The van der Waals surface area contributed by atoms with Gasteiger partial charge in [-0.3, -0.25) is 9.59 Å². The Morgan fingerprint density at radius 2 is 1.74 bits per heavy atom. The van der Waals surface area contributed by atoms with Gasteiger partial charge in [-0.15, -0.1) is 0 Å². The van der Waals surface area contributed by atoms with Gasteiger partial charge in [0, 0.05) is 29.9 Å². The summed E-state index contributed by atoms with van der Waals surface area (Å²) in [6, 6.07) is 9.62. The van der Waals surface area contributed by atoms with Gasteiger partial charge in [-0.05, 0) is 50.1 Å². The fraction of sp³-hybridized carbons (Fsp3) is 0.263. The summed E-state index contributed by atoms with van der Waals surface area (Å²) in [5, 5.41) is 2.60. The highest BCUT2D eigenvalue weighted by molar-refractivity contribution is 7.89. The summed E-state index contributed by atoms with van der Waals surface area (Å²) < 4.78 is 40.7. The number of nitrogens with zero attached hydrogens (tertiary/aromatic N) is 1. The molecule has 2 aromatic carbocycles. The molecule has 3 rings (SSSR count). The maximum atomic E-state index is 14.2. The zero-order valence-electron chi connectivity index (χ0n) is 14.7. The third-order valence-corrected chi connectivity index (χ3v) is 6.32. The average Bonchev–Trinajstić information content (AvgIpc) is 3.17. The monoisotopic (exact) mass is 390 g/mol. The van der Waals surface area contributed by atoms with Crippen molar-refractivity contribution >= 4 is 27.4 Å². The first-order valence-corrected chi connectivity index (χ1v) is 9.95. The number of nitrogens with one attached hydrogen (secondary N) is 1. The molecule has 0 unspecified atom stereocenters. The van der Waals surface area contributed by atoms with Gasteiger partial charge in [-0.2, -0.15) is 4.31 Å². The van der Waals surface area contributed by atoms with Gasteiger partial charge in [0.25, 0.3) is 5.91 Å². The summed E-state index contributed by atoms with van der Waals surface area (Å²) in [6.45, 7) is 2.10. The van der Waals surface area contributed by atoms with Crippen molar-refractivity contribution in [1.82, 2.24) is 4.31 Å². The fourth-order valence-electron chi connectivity index (χ4n) is 2.93. The Balaban J connectivity index is 1.88. The summed E-state index contributed by atoms with van der Waals surface area (Å²) in [5.74, 6) is -1.63. The maximum Gasteiger partial charge on any atom is 0.255 e. The number of amides is 1. The molecule has 0 saturated carbocycles. The van der Waals surface area contributed by atoms with Gasteiger partial charge in [-0.25, -0.2) is 12.8 Å². The lowest BCUT2D eigenvalue weighted by Gasteiger charge is -2.16. The minimum Gasteiger partial charge on any atom is -0.322 e. The smallest absolute Gasteiger partial charge is 0.255 e. The van der Waals surface area contributed by atoms with Crippen LogP contribution in [0, 0.1) is 5.82 Å². The van der Waals surface area contributed by atoms with Crippen LogP contribution in [-0.4, -0.2) is 37.5 Å². The first-order valence-electron chi connectivity index (χ1n) is 8.51. The first-order chi connectivity index (χ1) is 12.8. The third kappa shape index (κ3) is 4.06. The average molecular weight is 390 g/mol. The SMILES string of the molecule is CC(=O)c1cccc(NC(=O)c2ccc(F)c(S(=O)(=O)N3CCCC3)c2)c1. The number of carbonyl (C=O) groups excluding carboxylic acids is 2. The van der Waals surface area contributed by atoms with E-state index in [1.54, 1.807) is 18.2 Å². The molecule has 0 bridgehead atoms. The molecule has 1 saturated heterocycles. The zero-order chi connectivity index (χ0) is 19.6. The number of ketones is 1. The molecule has 0 radical (unpaired) electrons. The van der Waals surface area contributed by atoms with Crippen molar-refractivity contribution in [2.75, 3.05) is 18.4 Å². The molecule has 142 valence electrons. The molecule has 2 aromatic rings. The van der Waals surface area contributed by atoms with E-state index in [4.69, 9.17) is 0 Å². The second-order valence-electron chi connectivity index (χ2n) is 6.35. The van der Waals surface area contributed by atoms with Crippen molar-refractivity contribution in [3.05, 3.63) is 59.4 Å². The van der Waals surface area contributed by atoms with Gasteiger partial charge >= 0.3 is 0 Å². The van der Waals surface area contributed by atoms with Gasteiger partial charge in [0.2, 0.25) is 10.0 Å². The van der Waals surface area contributed by atoms with Crippen molar-refractivity contribution in [2.45, 2.75) is 24.7 Å². The first kappa shape index (κ1) is 19.2. The van der Waals surface area contributed by atoms with Gasteiger partial charge in [0.05, 0.1) is 0 Å². The van der Waals surface area contributed by atoms with Crippen molar-refractivity contribution in [3.8, 4) is 0 Å². The van der Waals surface area contributed by atoms with Crippen LogP contribution in [0.5, 0.6) is 0 Å². The standard InChI is InChI=1S/C19H19FN2O4S/c1-13(23)14-5-4-6-16(11-14)21-19(24)15-7-8-17(20)18(12-15)27(25,26)22-9-2-3-10-22/h4-8,11-12H,2-3,9-10H2,1H3,(H,21,24). The van der Waals surface area contributed by atoms with Gasteiger partial charge in [0.15, 0.2) is 5.78 Å². The normalized spacial score (nSPS) is 14.9. The number of halogens is 1. The van der Waals surface area contributed by atoms with Crippen LogP contribution in [0.2, 0.25) is 0 Å². The molecule has 6 nitrogen and oxygen atoms in total. The van der Waals surface area contributed by atoms with Gasteiger partial charge < -0.3 is 5.32 Å². The minimum absolute atomic E-state index is 0.0161. The predicted octanol–water partition coefficient (Wildman–Crippen LogP) is 3.07. The molecule has 0 spiro atoms. The number of benzene rings is 2. The van der Waals surface area contributed by atoms with Crippen LogP contribution in [0.25, 0.3) is 0 Å². The lowest BCUT2D eigenvalue weighted by atomic mass is 10.1. The van der Waals surface area contributed by atoms with E-state index < -0.39 is 26.6 Å². The van der Waals surface area contributed by atoms with Crippen molar-refractivity contribution in [1.29, 1.82) is 0 Å². The third-order valence-electron chi connectivity index (χ3n) is 4.40. The number of Topliss-reactive ketones (excluding diaryl/α,β-unsaturated/α-hetero) is 1. The molecule has 0 aliphatic carbocycles. The molecule has 1 amide bonds. The number of rotatable bonds is 5. The summed E-state index contributed by atoms with van der Waals surface area (Å²) >= 11 is 0. The molecular formula is C19H19FN2O4S. The van der Waals surface area contributed by atoms with Gasteiger partial charge in [-0.1, -0.05) is 12.1 Å². The Hall–Kier alpha value is -2.58. The van der Waals surface area contributed by atoms with Crippen molar-refractivity contribution in [2.24, 2.45) is 0 Å². The van der Waals surface area contributed by atoms with E-state index in [1.807, 2.05) is 0 Å². The van der Waals surface area contributed by atoms with Crippen LogP contribution in [0.4, 0.5) is 10.1 Å². The second kappa shape index (κ2) is 7.58. The van der Waals surface area contributed by atoms with Crippen molar-refractivity contribution in [3.63, 3.8) is 0 Å². The molecule has 8 heteroatoms. The maximum absolute atomic E-state index is 14.2. The molecule has 1 heterocycles. The topological polar surface area (TPSA) is 83.5 Å². The van der Waals surface area contributed by atoms with E-state index in [2.05, 4.69) is 5.32 Å². The summed E-state index contributed by atoms with van der Waals surface area (Å²) in [7, 11) is -3.98. The summed E-state index contributed by atoms with van der Waals surface area (Å²) in [6.07, 6.45) is 1.46. The van der Waals surface area contributed by atoms with Crippen LogP contribution in [0.15, 0.2) is 47.4 Å². The van der Waals surface area contributed by atoms with Crippen LogP contribution in [0.1, 0.15) is 40.5 Å². The van der Waals surface area contributed by atoms with Crippen LogP contribution in [-0.2, 0) is 10.0 Å². The number of hydrogen-bond acceptors (Lipinski definition) is 4. The van der Waals surface area contributed by atoms with Gasteiger partial charge in [0.1, 0.15) is 10.7 Å². The Morgan fingerprint density at radius 3 is 2.41 bits per heavy atom. The van der Waals surface area contributed by atoms with E-state index in [-0.39, 0.29) is 11.3 Å². The number of hydrogen-bond donors (Lipinski definition) is 1. The molecule has 1 aliphatic heterocycles. The Labute approximate surface area is 157 Å². The lowest BCUT2D eigenvalue weighted by Crippen LogP contribution is -2.29. The van der Waals surface area contributed by atoms with E-state index in [0.29, 0.717) is 24.3 Å². The van der Waals surface area contributed by atoms with E-state index in [0.717, 1.165) is 25.0 Å². The largest absolute Gasteiger partial charge is 0.322 e. The van der Waals surface area contributed by atoms with Crippen molar-refractivity contribution < 1.29 is 22.4 Å². The van der Waals surface area contributed by atoms with E-state index in [1.165, 1.54) is 23.4 Å². The van der Waals surface area contributed by atoms with E-state index in [9.17, 15) is 22.4 Å². The zero-order valence-corrected chi connectivity index (χ0v) is 15.6. The van der Waals surface area contributed by atoms with Crippen LogP contribution >= 0.6 is 0 Å². The molecular weight excluding hydrogens is 371 g/mol. The molecule has 0 atom stereocenters.